The van der Waals surface area contributed by atoms with Crippen molar-refractivity contribution >= 4 is 18.0 Å². The molecule has 0 radical (unpaired) electrons. The van der Waals surface area contributed by atoms with Crippen LogP contribution in [0.4, 0.5) is 4.79 Å². The lowest BCUT2D eigenvalue weighted by Gasteiger charge is -2.19. The van der Waals surface area contributed by atoms with E-state index >= 15 is 0 Å². The van der Waals surface area contributed by atoms with Crippen LogP contribution in [-0.2, 0) is 14.3 Å². The first-order valence-corrected chi connectivity index (χ1v) is 5.76. The molecule has 0 aliphatic heterocycles. The van der Waals surface area contributed by atoms with E-state index in [9.17, 15) is 14.4 Å². The van der Waals surface area contributed by atoms with Crippen LogP contribution in [0.25, 0.3) is 0 Å². The standard InChI is InChI=1S/C11H20N2O5/c1-5-18-10(16)7(4)12-11(17)13-8(6(2)3)9(14)15/h6-8H,5H2,1-4H3,(H,14,15)(H2,12,13,17)/t7?,8-/m1/s1. The second kappa shape index (κ2) is 7.52. The predicted octanol–water partition coefficient (Wildman–Crippen LogP) is 0.346. The number of esters is 1. The van der Waals surface area contributed by atoms with Gasteiger partial charge >= 0.3 is 18.0 Å². The van der Waals surface area contributed by atoms with Crippen molar-refractivity contribution in [3.8, 4) is 0 Å². The Morgan fingerprint density at radius 3 is 2.11 bits per heavy atom. The fraction of sp³-hybridized carbons (Fsp3) is 0.727. The summed E-state index contributed by atoms with van der Waals surface area (Å²) in [6.45, 7) is 6.69. The summed E-state index contributed by atoms with van der Waals surface area (Å²) in [6, 6.07) is -2.54. The van der Waals surface area contributed by atoms with E-state index in [0.717, 1.165) is 0 Å². The molecule has 0 spiro atoms. The van der Waals surface area contributed by atoms with Crippen molar-refractivity contribution in [1.82, 2.24) is 10.6 Å². The van der Waals surface area contributed by atoms with Crippen LogP contribution in [0.2, 0.25) is 0 Å². The zero-order valence-electron chi connectivity index (χ0n) is 11.0. The molecule has 0 bridgehead atoms. The number of carboxylic acids is 1. The van der Waals surface area contributed by atoms with Crippen molar-refractivity contribution in [2.24, 2.45) is 5.92 Å². The number of carboxylic acid groups (broad SMARTS) is 1. The molecule has 1 unspecified atom stereocenters. The van der Waals surface area contributed by atoms with Gasteiger partial charge in [0.2, 0.25) is 0 Å². The lowest BCUT2D eigenvalue weighted by Crippen LogP contribution is -2.52. The zero-order valence-corrected chi connectivity index (χ0v) is 11.0. The molecule has 0 fully saturated rings. The number of carbonyl (C=O) groups excluding carboxylic acids is 2. The highest BCUT2D eigenvalue weighted by molar-refractivity contribution is 5.86. The van der Waals surface area contributed by atoms with Crippen molar-refractivity contribution in [2.45, 2.75) is 39.8 Å². The number of carbonyl (C=O) groups is 3. The Labute approximate surface area is 106 Å². The minimum absolute atomic E-state index is 0.218. The van der Waals surface area contributed by atoms with Gasteiger partial charge < -0.3 is 20.5 Å². The highest BCUT2D eigenvalue weighted by Crippen LogP contribution is 2.01. The van der Waals surface area contributed by atoms with E-state index in [1.54, 1.807) is 20.8 Å². The summed E-state index contributed by atoms with van der Waals surface area (Å²) in [5.41, 5.74) is 0. The molecule has 2 amide bonds. The molecule has 0 aromatic rings. The highest BCUT2D eigenvalue weighted by atomic mass is 16.5. The average Bonchev–Trinajstić information content (AvgIpc) is 2.25. The quantitative estimate of drug-likeness (QED) is 0.597. The van der Waals surface area contributed by atoms with Gasteiger partial charge in [-0.1, -0.05) is 13.8 Å². The summed E-state index contributed by atoms with van der Waals surface area (Å²) in [5, 5.41) is 13.5. The second-order valence-corrected chi connectivity index (χ2v) is 4.15. The molecule has 0 rings (SSSR count). The van der Waals surface area contributed by atoms with E-state index in [0.29, 0.717) is 0 Å². The third-order valence-corrected chi connectivity index (χ3v) is 2.21. The van der Waals surface area contributed by atoms with Crippen LogP contribution in [0.3, 0.4) is 0 Å². The number of rotatable bonds is 6. The molecule has 0 aliphatic rings. The molecule has 0 saturated carbocycles. The van der Waals surface area contributed by atoms with Crippen LogP contribution in [0, 0.1) is 5.92 Å². The van der Waals surface area contributed by atoms with E-state index < -0.39 is 30.1 Å². The maximum Gasteiger partial charge on any atom is 0.328 e. The second-order valence-electron chi connectivity index (χ2n) is 4.15. The Hall–Kier alpha value is -1.79. The van der Waals surface area contributed by atoms with Crippen molar-refractivity contribution in [3.63, 3.8) is 0 Å². The molecule has 0 heterocycles. The number of nitrogens with one attached hydrogen (secondary N) is 2. The van der Waals surface area contributed by atoms with E-state index in [4.69, 9.17) is 9.84 Å². The van der Waals surface area contributed by atoms with Gasteiger partial charge in [0.1, 0.15) is 12.1 Å². The van der Waals surface area contributed by atoms with Crippen LogP contribution in [0.5, 0.6) is 0 Å². The fourth-order valence-electron chi connectivity index (χ4n) is 1.22. The van der Waals surface area contributed by atoms with Crippen molar-refractivity contribution < 1.29 is 24.2 Å². The van der Waals surface area contributed by atoms with Gasteiger partial charge in [-0.25, -0.2) is 14.4 Å². The Bertz CT molecular complexity index is 317. The number of urea groups is 1. The van der Waals surface area contributed by atoms with E-state index in [1.807, 2.05) is 0 Å². The van der Waals surface area contributed by atoms with Crippen LogP contribution in [-0.4, -0.2) is 41.8 Å². The molecular weight excluding hydrogens is 240 g/mol. The first kappa shape index (κ1) is 16.2. The number of hydrogen-bond acceptors (Lipinski definition) is 4. The zero-order chi connectivity index (χ0) is 14.3. The molecule has 7 nitrogen and oxygen atoms in total. The Morgan fingerprint density at radius 2 is 1.72 bits per heavy atom. The maximum absolute atomic E-state index is 11.5. The van der Waals surface area contributed by atoms with Gasteiger partial charge in [-0.15, -0.1) is 0 Å². The average molecular weight is 260 g/mol. The number of ether oxygens (including phenoxy) is 1. The lowest BCUT2D eigenvalue weighted by atomic mass is 10.1. The summed E-state index contributed by atoms with van der Waals surface area (Å²) in [7, 11) is 0. The Balaban J connectivity index is 4.33. The number of hydrogen-bond donors (Lipinski definition) is 3. The Kier molecular flexibility index (Phi) is 6.77. The molecule has 3 N–H and O–H groups in total. The number of aliphatic carboxylic acids is 1. The maximum atomic E-state index is 11.5. The first-order chi connectivity index (χ1) is 8.29. The molecule has 0 aliphatic carbocycles. The summed E-state index contributed by atoms with van der Waals surface area (Å²) >= 11 is 0. The first-order valence-electron chi connectivity index (χ1n) is 5.76. The van der Waals surface area contributed by atoms with E-state index in [1.165, 1.54) is 6.92 Å². The van der Waals surface area contributed by atoms with Gasteiger partial charge in [0, 0.05) is 0 Å². The summed E-state index contributed by atoms with van der Waals surface area (Å²) < 4.78 is 4.71. The molecule has 0 saturated heterocycles. The molecular formula is C11H20N2O5. The largest absolute Gasteiger partial charge is 0.480 e. The highest BCUT2D eigenvalue weighted by Gasteiger charge is 2.25. The SMILES string of the molecule is CCOC(=O)C(C)NC(=O)N[C@@H](C(=O)O)C(C)C. The molecule has 104 valence electrons. The van der Waals surface area contributed by atoms with E-state index in [2.05, 4.69) is 10.6 Å². The minimum atomic E-state index is -1.12. The van der Waals surface area contributed by atoms with Gasteiger partial charge in [0.05, 0.1) is 6.61 Å². The van der Waals surface area contributed by atoms with Crippen LogP contribution >= 0.6 is 0 Å². The third-order valence-electron chi connectivity index (χ3n) is 2.21. The van der Waals surface area contributed by atoms with E-state index in [-0.39, 0.29) is 12.5 Å². The minimum Gasteiger partial charge on any atom is -0.480 e. The third kappa shape index (κ3) is 5.51. The van der Waals surface area contributed by atoms with Gasteiger partial charge in [0.15, 0.2) is 0 Å². The van der Waals surface area contributed by atoms with Crippen LogP contribution in [0.15, 0.2) is 0 Å². The van der Waals surface area contributed by atoms with Gasteiger partial charge in [0.25, 0.3) is 0 Å². The molecule has 18 heavy (non-hydrogen) atoms. The predicted molar refractivity (Wildman–Crippen MR) is 64.0 cm³/mol. The smallest absolute Gasteiger partial charge is 0.328 e. The van der Waals surface area contributed by atoms with Gasteiger partial charge in [-0.2, -0.15) is 0 Å². The normalized spacial score (nSPS) is 13.6. The molecule has 0 aromatic heterocycles. The van der Waals surface area contributed by atoms with Crippen LogP contribution < -0.4 is 10.6 Å². The number of amides is 2. The topological polar surface area (TPSA) is 105 Å². The monoisotopic (exact) mass is 260 g/mol. The summed E-state index contributed by atoms with van der Waals surface area (Å²) in [5.74, 6) is -1.95. The summed E-state index contributed by atoms with van der Waals surface area (Å²) in [6.07, 6.45) is 0. The lowest BCUT2D eigenvalue weighted by molar-refractivity contribution is -0.144. The van der Waals surface area contributed by atoms with Gasteiger partial charge in [-0.05, 0) is 19.8 Å². The van der Waals surface area contributed by atoms with Crippen molar-refractivity contribution in [1.29, 1.82) is 0 Å². The molecule has 7 heteroatoms. The van der Waals surface area contributed by atoms with Crippen molar-refractivity contribution in [2.75, 3.05) is 6.61 Å². The summed E-state index contributed by atoms with van der Waals surface area (Å²) in [4.78, 5) is 33.6. The molecule has 0 aromatic carbocycles. The Morgan fingerprint density at radius 1 is 1.17 bits per heavy atom. The fourth-order valence-corrected chi connectivity index (χ4v) is 1.22. The molecule has 2 atom stereocenters. The van der Waals surface area contributed by atoms with Crippen LogP contribution in [0.1, 0.15) is 27.7 Å². The van der Waals surface area contributed by atoms with Crippen molar-refractivity contribution in [3.05, 3.63) is 0 Å². The van der Waals surface area contributed by atoms with Gasteiger partial charge in [-0.3, -0.25) is 0 Å².